The summed E-state index contributed by atoms with van der Waals surface area (Å²) < 4.78 is 11.4. The molecule has 0 aliphatic carbocycles. The number of thiophene rings is 1. The summed E-state index contributed by atoms with van der Waals surface area (Å²) in [5, 5.41) is 2.12. The maximum atomic E-state index is 12.5. The van der Waals surface area contributed by atoms with E-state index in [0.717, 1.165) is 29.8 Å². The smallest absolute Gasteiger partial charge is 0.315 e. The van der Waals surface area contributed by atoms with Gasteiger partial charge in [0, 0.05) is 22.5 Å². The second-order valence-corrected chi connectivity index (χ2v) is 8.75. The molecule has 0 unspecified atom stereocenters. The molecule has 0 N–H and O–H groups in total. The molecule has 0 bridgehead atoms. The summed E-state index contributed by atoms with van der Waals surface area (Å²) in [6.45, 7) is 7.59. The number of carbonyl (C=O) groups is 1. The summed E-state index contributed by atoms with van der Waals surface area (Å²) in [6.07, 6.45) is 3.24. The van der Waals surface area contributed by atoms with Crippen LogP contribution in [0.2, 0.25) is 0 Å². The molecule has 29 heavy (non-hydrogen) atoms. The molecule has 0 radical (unpaired) electrons. The maximum Gasteiger partial charge on any atom is 0.315 e. The number of rotatable bonds is 6. The van der Waals surface area contributed by atoms with Gasteiger partial charge in [-0.15, -0.1) is 23.7 Å². The van der Waals surface area contributed by atoms with Gasteiger partial charge in [-0.25, -0.2) is 0 Å². The number of halogens is 1. The van der Waals surface area contributed by atoms with Crippen LogP contribution < -0.4 is 4.74 Å². The first-order valence-corrected chi connectivity index (χ1v) is 10.6. The highest BCUT2D eigenvalue weighted by Crippen LogP contribution is 2.41. The van der Waals surface area contributed by atoms with Gasteiger partial charge < -0.3 is 14.4 Å². The Balaban J connectivity index is 0.00000300. The Morgan fingerprint density at radius 1 is 1.31 bits per heavy atom. The molecule has 0 amide bonds. The molecule has 0 saturated carbocycles. The second-order valence-electron chi connectivity index (χ2n) is 7.83. The maximum absolute atomic E-state index is 12.5. The quantitative estimate of drug-likeness (QED) is 0.578. The fourth-order valence-electron chi connectivity index (χ4n) is 3.32. The fraction of sp³-hybridized carbons (Fsp3) is 0.435. The minimum atomic E-state index is -0.718. The van der Waals surface area contributed by atoms with Gasteiger partial charge in [0.15, 0.2) is 0 Å². The van der Waals surface area contributed by atoms with Gasteiger partial charge in [-0.2, -0.15) is 0 Å². The Bertz CT molecular complexity index is 886. The van der Waals surface area contributed by atoms with Crippen LogP contribution in [0.1, 0.15) is 48.8 Å². The normalized spacial score (nSPS) is 14.5. The van der Waals surface area contributed by atoms with Crippen LogP contribution in [0.25, 0.3) is 5.57 Å². The number of hydrogen-bond acceptors (Lipinski definition) is 5. The molecule has 1 aromatic heterocycles. The SMILES string of the molecule is CCOC(=O)C(C)(C)c1ccc2c(c1)/C(=C\CCN(C)C)c1sccc1CO2.Cl. The molecule has 2 aromatic rings. The van der Waals surface area contributed by atoms with Crippen LogP contribution in [0.3, 0.4) is 0 Å². The van der Waals surface area contributed by atoms with Crippen molar-refractivity contribution in [3.8, 4) is 5.75 Å². The van der Waals surface area contributed by atoms with E-state index in [1.54, 1.807) is 11.3 Å². The lowest BCUT2D eigenvalue weighted by molar-refractivity contribution is -0.148. The van der Waals surface area contributed by atoms with E-state index in [0.29, 0.717) is 13.2 Å². The van der Waals surface area contributed by atoms with E-state index in [2.05, 4.69) is 42.6 Å². The van der Waals surface area contributed by atoms with Crippen LogP contribution in [0.15, 0.2) is 35.7 Å². The van der Waals surface area contributed by atoms with E-state index in [1.165, 1.54) is 16.0 Å². The Labute approximate surface area is 183 Å². The summed E-state index contributed by atoms with van der Waals surface area (Å²) in [4.78, 5) is 15.9. The van der Waals surface area contributed by atoms with Gasteiger partial charge in [0.25, 0.3) is 0 Å². The molecule has 0 spiro atoms. The summed E-state index contributed by atoms with van der Waals surface area (Å²) in [7, 11) is 4.17. The van der Waals surface area contributed by atoms with Crippen molar-refractivity contribution in [2.75, 3.05) is 27.2 Å². The van der Waals surface area contributed by atoms with E-state index < -0.39 is 5.41 Å². The third kappa shape index (κ3) is 5.03. The van der Waals surface area contributed by atoms with Crippen molar-refractivity contribution in [3.05, 3.63) is 57.3 Å². The largest absolute Gasteiger partial charge is 0.488 e. The first-order valence-electron chi connectivity index (χ1n) is 9.71. The predicted octanol–water partition coefficient (Wildman–Crippen LogP) is 5.29. The highest BCUT2D eigenvalue weighted by Gasteiger charge is 2.33. The van der Waals surface area contributed by atoms with Gasteiger partial charge in [0.2, 0.25) is 0 Å². The van der Waals surface area contributed by atoms with Gasteiger partial charge in [-0.1, -0.05) is 12.1 Å². The minimum absolute atomic E-state index is 0. The van der Waals surface area contributed by atoms with E-state index >= 15 is 0 Å². The number of nitrogens with zero attached hydrogens (tertiary/aromatic N) is 1. The van der Waals surface area contributed by atoms with Gasteiger partial charge in [0.1, 0.15) is 12.4 Å². The molecule has 0 saturated heterocycles. The lowest BCUT2D eigenvalue weighted by atomic mass is 9.83. The lowest BCUT2D eigenvalue weighted by Crippen LogP contribution is -2.31. The standard InChI is InChI=1S/C23H29NO3S.ClH/c1-6-26-22(25)23(2,3)17-9-10-20-19(14-17)18(8-7-12-24(4)5)21-16(15-27-20)11-13-28-21;/h8-11,13-14H,6-7,12,15H2,1-5H3;1H/b18-8+;. The van der Waals surface area contributed by atoms with Crippen LogP contribution in [0.4, 0.5) is 0 Å². The zero-order valence-corrected chi connectivity index (χ0v) is 19.4. The second kappa shape index (κ2) is 9.79. The van der Waals surface area contributed by atoms with Gasteiger partial charge in [-0.05, 0) is 76.0 Å². The summed E-state index contributed by atoms with van der Waals surface area (Å²) >= 11 is 1.74. The van der Waals surface area contributed by atoms with Crippen LogP contribution >= 0.6 is 23.7 Å². The minimum Gasteiger partial charge on any atom is -0.488 e. The molecule has 6 heteroatoms. The molecule has 0 fully saturated rings. The van der Waals surface area contributed by atoms with Gasteiger partial charge in [0.05, 0.1) is 12.0 Å². The molecule has 1 aromatic carbocycles. The Kier molecular flexibility index (Phi) is 7.92. The molecule has 1 aliphatic rings. The van der Waals surface area contributed by atoms with Crippen LogP contribution in [0, 0.1) is 0 Å². The third-order valence-electron chi connectivity index (χ3n) is 5.08. The Morgan fingerprint density at radius 3 is 2.76 bits per heavy atom. The van der Waals surface area contributed by atoms with Crippen molar-refractivity contribution in [2.45, 2.75) is 39.2 Å². The Morgan fingerprint density at radius 2 is 2.07 bits per heavy atom. The van der Waals surface area contributed by atoms with E-state index in [9.17, 15) is 4.79 Å². The first kappa shape index (κ1) is 23.5. The van der Waals surface area contributed by atoms with E-state index in [1.807, 2.05) is 32.9 Å². The molecule has 158 valence electrons. The third-order valence-corrected chi connectivity index (χ3v) is 6.07. The van der Waals surface area contributed by atoms with Crippen LogP contribution in [0.5, 0.6) is 5.75 Å². The summed E-state index contributed by atoms with van der Waals surface area (Å²) in [6, 6.07) is 8.20. The Hall–Kier alpha value is -1.82. The molecule has 0 atom stereocenters. The number of fused-ring (bicyclic) bond motifs is 2. The van der Waals surface area contributed by atoms with E-state index in [-0.39, 0.29) is 18.4 Å². The number of ether oxygens (including phenoxy) is 2. The van der Waals surface area contributed by atoms with Crippen molar-refractivity contribution in [3.63, 3.8) is 0 Å². The monoisotopic (exact) mass is 435 g/mol. The van der Waals surface area contributed by atoms with Crippen LogP contribution in [-0.4, -0.2) is 38.1 Å². The molecular weight excluding hydrogens is 406 g/mol. The summed E-state index contributed by atoms with van der Waals surface area (Å²) in [5.41, 5.74) is 3.68. The zero-order valence-electron chi connectivity index (χ0n) is 17.8. The fourth-order valence-corrected chi connectivity index (χ4v) is 4.28. The average molecular weight is 436 g/mol. The predicted molar refractivity (Wildman–Crippen MR) is 122 cm³/mol. The highest BCUT2D eigenvalue weighted by molar-refractivity contribution is 7.11. The number of hydrogen-bond donors (Lipinski definition) is 0. The van der Waals surface area contributed by atoms with Crippen molar-refractivity contribution in [2.24, 2.45) is 0 Å². The van der Waals surface area contributed by atoms with Crippen molar-refractivity contribution in [1.82, 2.24) is 4.90 Å². The highest BCUT2D eigenvalue weighted by atomic mass is 35.5. The zero-order chi connectivity index (χ0) is 20.3. The average Bonchev–Trinajstić information content (AvgIpc) is 3.06. The van der Waals surface area contributed by atoms with Crippen molar-refractivity contribution in [1.29, 1.82) is 0 Å². The number of carbonyl (C=O) groups excluding carboxylic acids is 1. The van der Waals surface area contributed by atoms with Gasteiger partial charge in [-0.3, -0.25) is 4.79 Å². The molecule has 1 aliphatic heterocycles. The first-order chi connectivity index (χ1) is 13.3. The van der Waals surface area contributed by atoms with E-state index in [4.69, 9.17) is 9.47 Å². The van der Waals surface area contributed by atoms with Crippen molar-refractivity contribution >= 4 is 35.3 Å². The van der Waals surface area contributed by atoms with Gasteiger partial charge >= 0.3 is 5.97 Å². The van der Waals surface area contributed by atoms with Crippen LogP contribution in [-0.2, 0) is 21.6 Å². The molecule has 3 rings (SSSR count). The molecule has 4 nitrogen and oxygen atoms in total. The number of esters is 1. The number of benzene rings is 1. The van der Waals surface area contributed by atoms with Crippen molar-refractivity contribution < 1.29 is 14.3 Å². The molecular formula is C23H30ClNO3S. The molecule has 2 heterocycles. The lowest BCUT2D eigenvalue weighted by Gasteiger charge is -2.24. The topological polar surface area (TPSA) is 38.8 Å². The summed E-state index contributed by atoms with van der Waals surface area (Å²) in [5.74, 6) is 0.655.